The van der Waals surface area contributed by atoms with Crippen LogP contribution in [0, 0.1) is 6.92 Å². The van der Waals surface area contributed by atoms with Gasteiger partial charge in [0.05, 0.1) is 24.2 Å². The Labute approximate surface area is 146 Å². The van der Waals surface area contributed by atoms with Crippen molar-refractivity contribution in [3.63, 3.8) is 0 Å². The number of hydrogen-bond donors (Lipinski definition) is 1. The predicted octanol–water partition coefficient (Wildman–Crippen LogP) is 2.12. The number of aromatic nitrogens is 2. The molecule has 0 atom stereocenters. The minimum Gasteiger partial charge on any atom is -0.462 e. The topological polar surface area (TPSA) is 82.5 Å². The molecule has 1 aromatic heterocycles. The number of ether oxygens (including phenoxy) is 2. The van der Waals surface area contributed by atoms with E-state index in [-0.39, 0.29) is 5.91 Å². The van der Waals surface area contributed by atoms with Crippen LogP contribution < -0.4 is 5.32 Å². The fraction of sp³-hybridized carbons (Fsp3) is 0.389. The Morgan fingerprint density at radius 2 is 1.96 bits per heavy atom. The summed E-state index contributed by atoms with van der Waals surface area (Å²) in [6.07, 6.45) is 2.26. The highest BCUT2D eigenvalue weighted by Crippen LogP contribution is 2.16. The second-order valence-electron chi connectivity index (χ2n) is 5.43. The lowest BCUT2D eigenvalue weighted by Gasteiger charge is -2.08. The first-order chi connectivity index (χ1) is 12.1. The highest BCUT2D eigenvalue weighted by Gasteiger charge is 2.16. The van der Waals surface area contributed by atoms with Crippen LogP contribution in [0.2, 0.25) is 0 Å². The van der Waals surface area contributed by atoms with Gasteiger partial charge in [0.1, 0.15) is 5.56 Å². The molecule has 0 unspecified atom stereocenters. The number of benzene rings is 1. The molecule has 7 heteroatoms. The Morgan fingerprint density at radius 3 is 2.60 bits per heavy atom. The molecule has 134 valence electrons. The summed E-state index contributed by atoms with van der Waals surface area (Å²) in [7, 11) is 1.63. The molecule has 0 aliphatic rings. The summed E-state index contributed by atoms with van der Waals surface area (Å²) < 4.78 is 11.6. The van der Waals surface area contributed by atoms with Crippen molar-refractivity contribution in [2.75, 3.05) is 26.9 Å². The molecule has 1 N–H and O–H groups in total. The molecule has 1 aromatic carbocycles. The maximum atomic E-state index is 12.1. The third kappa shape index (κ3) is 4.67. The van der Waals surface area contributed by atoms with Crippen LogP contribution in [0.15, 0.2) is 30.5 Å². The van der Waals surface area contributed by atoms with Gasteiger partial charge in [-0.15, -0.1) is 0 Å². The molecule has 0 saturated carbocycles. The fourth-order valence-electron chi connectivity index (χ4n) is 2.35. The van der Waals surface area contributed by atoms with E-state index in [0.29, 0.717) is 36.6 Å². The molecule has 0 radical (unpaired) electrons. The lowest BCUT2D eigenvalue weighted by Crippen LogP contribution is -2.25. The van der Waals surface area contributed by atoms with Crippen molar-refractivity contribution in [3.05, 3.63) is 47.3 Å². The fourth-order valence-corrected chi connectivity index (χ4v) is 2.35. The van der Waals surface area contributed by atoms with E-state index in [0.717, 1.165) is 12.1 Å². The number of amides is 1. The van der Waals surface area contributed by atoms with Gasteiger partial charge in [-0.2, -0.15) is 5.10 Å². The zero-order chi connectivity index (χ0) is 18.2. The molecule has 25 heavy (non-hydrogen) atoms. The van der Waals surface area contributed by atoms with Gasteiger partial charge in [-0.1, -0.05) is 0 Å². The van der Waals surface area contributed by atoms with Crippen LogP contribution in [0.1, 0.15) is 39.8 Å². The Morgan fingerprint density at radius 1 is 1.24 bits per heavy atom. The number of carbonyl (C=O) groups excluding carboxylic acids is 2. The minimum absolute atomic E-state index is 0.132. The first-order valence-corrected chi connectivity index (χ1v) is 8.17. The van der Waals surface area contributed by atoms with Crippen LogP contribution in [0.3, 0.4) is 0 Å². The standard InChI is InChI=1S/C18H23N3O4/c1-4-25-18(23)16-12-20-21(13(16)2)15-8-6-14(7-9-15)17(22)19-10-5-11-24-3/h6-9,12H,4-5,10-11H2,1-3H3,(H,19,22). The Kier molecular flexibility index (Phi) is 6.71. The van der Waals surface area contributed by atoms with E-state index in [9.17, 15) is 9.59 Å². The van der Waals surface area contributed by atoms with Crippen LogP contribution in [0.25, 0.3) is 5.69 Å². The van der Waals surface area contributed by atoms with Gasteiger partial charge in [-0.3, -0.25) is 4.79 Å². The summed E-state index contributed by atoms with van der Waals surface area (Å²) in [5.74, 6) is -0.523. The van der Waals surface area contributed by atoms with Crippen molar-refractivity contribution in [3.8, 4) is 5.69 Å². The van der Waals surface area contributed by atoms with Gasteiger partial charge in [0.15, 0.2) is 0 Å². The van der Waals surface area contributed by atoms with E-state index in [4.69, 9.17) is 9.47 Å². The molecule has 2 aromatic rings. The average Bonchev–Trinajstić information content (AvgIpc) is 3.00. The van der Waals surface area contributed by atoms with Gasteiger partial charge in [-0.05, 0) is 44.5 Å². The number of esters is 1. The van der Waals surface area contributed by atoms with Gasteiger partial charge in [0, 0.05) is 25.8 Å². The van der Waals surface area contributed by atoms with E-state index in [2.05, 4.69) is 10.4 Å². The maximum absolute atomic E-state index is 12.1. The summed E-state index contributed by atoms with van der Waals surface area (Å²) in [5.41, 5.74) is 2.46. The molecular weight excluding hydrogens is 322 g/mol. The maximum Gasteiger partial charge on any atom is 0.341 e. The van der Waals surface area contributed by atoms with Gasteiger partial charge < -0.3 is 14.8 Å². The average molecular weight is 345 g/mol. The van der Waals surface area contributed by atoms with Crippen LogP contribution in [0.4, 0.5) is 0 Å². The van der Waals surface area contributed by atoms with E-state index in [1.54, 1.807) is 49.9 Å². The van der Waals surface area contributed by atoms with Crippen molar-refractivity contribution in [1.82, 2.24) is 15.1 Å². The van der Waals surface area contributed by atoms with Gasteiger partial charge in [0.2, 0.25) is 0 Å². The lowest BCUT2D eigenvalue weighted by atomic mass is 10.2. The summed E-state index contributed by atoms with van der Waals surface area (Å²) >= 11 is 0. The second kappa shape index (κ2) is 8.98. The summed E-state index contributed by atoms with van der Waals surface area (Å²) in [6.45, 7) is 5.06. The monoisotopic (exact) mass is 345 g/mol. The molecule has 0 fully saturated rings. The zero-order valence-corrected chi connectivity index (χ0v) is 14.7. The molecule has 0 aliphatic heterocycles. The van der Waals surface area contributed by atoms with E-state index < -0.39 is 5.97 Å². The number of nitrogens with one attached hydrogen (secondary N) is 1. The largest absolute Gasteiger partial charge is 0.462 e. The SMILES string of the molecule is CCOC(=O)c1cnn(-c2ccc(C(=O)NCCCOC)cc2)c1C. The Hall–Kier alpha value is -2.67. The molecule has 0 saturated heterocycles. The molecule has 0 aliphatic carbocycles. The summed E-state index contributed by atoms with van der Waals surface area (Å²) in [5, 5.41) is 7.07. The molecule has 1 amide bonds. The Bertz CT molecular complexity index is 722. The molecule has 2 rings (SSSR count). The normalized spacial score (nSPS) is 10.5. The van der Waals surface area contributed by atoms with Crippen LogP contribution in [0.5, 0.6) is 0 Å². The molecule has 0 bridgehead atoms. The summed E-state index contributed by atoms with van der Waals surface area (Å²) in [4.78, 5) is 23.9. The third-order valence-corrected chi connectivity index (χ3v) is 3.69. The molecule has 0 spiro atoms. The second-order valence-corrected chi connectivity index (χ2v) is 5.43. The minimum atomic E-state index is -0.390. The van der Waals surface area contributed by atoms with E-state index >= 15 is 0 Å². The van der Waals surface area contributed by atoms with Crippen molar-refractivity contribution in [2.45, 2.75) is 20.3 Å². The number of rotatable bonds is 8. The van der Waals surface area contributed by atoms with Gasteiger partial charge in [0.25, 0.3) is 5.91 Å². The Balaban J connectivity index is 2.07. The van der Waals surface area contributed by atoms with Crippen molar-refractivity contribution in [1.29, 1.82) is 0 Å². The third-order valence-electron chi connectivity index (χ3n) is 3.69. The van der Waals surface area contributed by atoms with Crippen molar-refractivity contribution in [2.24, 2.45) is 0 Å². The number of nitrogens with zero attached hydrogens (tertiary/aromatic N) is 2. The predicted molar refractivity (Wildman–Crippen MR) is 93.1 cm³/mol. The van der Waals surface area contributed by atoms with E-state index in [1.807, 2.05) is 0 Å². The number of methoxy groups -OCH3 is 1. The first kappa shape index (κ1) is 18.7. The number of carbonyl (C=O) groups is 2. The van der Waals surface area contributed by atoms with Crippen molar-refractivity contribution >= 4 is 11.9 Å². The van der Waals surface area contributed by atoms with Gasteiger partial charge in [-0.25, -0.2) is 9.48 Å². The number of hydrogen-bond acceptors (Lipinski definition) is 5. The first-order valence-electron chi connectivity index (χ1n) is 8.17. The zero-order valence-electron chi connectivity index (χ0n) is 14.7. The highest BCUT2D eigenvalue weighted by atomic mass is 16.5. The quantitative estimate of drug-likeness (QED) is 0.585. The van der Waals surface area contributed by atoms with Gasteiger partial charge >= 0.3 is 5.97 Å². The molecular formula is C18H23N3O4. The smallest absolute Gasteiger partial charge is 0.341 e. The molecule has 7 nitrogen and oxygen atoms in total. The van der Waals surface area contributed by atoms with Crippen LogP contribution >= 0.6 is 0 Å². The summed E-state index contributed by atoms with van der Waals surface area (Å²) in [6, 6.07) is 7.04. The van der Waals surface area contributed by atoms with E-state index in [1.165, 1.54) is 6.20 Å². The van der Waals surface area contributed by atoms with Crippen LogP contribution in [-0.4, -0.2) is 48.5 Å². The lowest BCUT2D eigenvalue weighted by molar-refractivity contribution is 0.0525. The van der Waals surface area contributed by atoms with Crippen LogP contribution in [-0.2, 0) is 9.47 Å². The van der Waals surface area contributed by atoms with Crippen molar-refractivity contribution < 1.29 is 19.1 Å². The molecule has 1 heterocycles. The highest BCUT2D eigenvalue weighted by molar-refractivity contribution is 5.94.